The lowest BCUT2D eigenvalue weighted by atomic mass is 10.0. The molecule has 0 aromatic carbocycles. The molecular formula is C21H42N4O. The summed E-state index contributed by atoms with van der Waals surface area (Å²) in [6.07, 6.45) is 15.8. The van der Waals surface area contributed by atoms with E-state index in [1.807, 2.05) is 6.92 Å². The number of hydrogen-bond donors (Lipinski definition) is 2. The Labute approximate surface area is 161 Å². The van der Waals surface area contributed by atoms with Crippen molar-refractivity contribution >= 4 is 17.8 Å². The Bertz CT molecular complexity index is 383. The van der Waals surface area contributed by atoms with Crippen molar-refractivity contribution in [3.8, 4) is 0 Å². The van der Waals surface area contributed by atoms with Crippen LogP contribution in [0, 0.1) is 0 Å². The van der Waals surface area contributed by atoms with E-state index >= 15 is 0 Å². The van der Waals surface area contributed by atoms with Crippen LogP contribution < -0.4 is 11.2 Å². The average molecular weight is 367 g/mol. The fraction of sp³-hybridized carbons (Fsp3) is 0.857. The highest BCUT2D eigenvalue weighted by molar-refractivity contribution is 6.30. The summed E-state index contributed by atoms with van der Waals surface area (Å²) in [5.41, 5.74) is 0.821. The van der Waals surface area contributed by atoms with Crippen LogP contribution in [0.3, 0.4) is 0 Å². The molecule has 1 amide bonds. The first-order chi connectivity index (χ1) is 12.7. The molecule has 152 valence electrons. The van der Waals surface area contributed by atoms with Crippen molar-refractivity contribution in [2.75, 3.05) is 6.54 Å². The van der Waals surface area contributed by atoms with Crippen LogP contribution in [-0.4, -0.2) is 30.4 Å². The van der Waals surface area contributed by atoms with E-state index in [0.717, 1.165) is 50.8 Å². The van der Waals surface area contributed by atoms with E-state index in [2.05, 4.69) is 29.3 Å². The third kappa shape index (κ3) is 14.9. The first kappa shape index (κ1) is 24.6. The number of amides is 1. The van der Waals surface area contributed by atoms with Crippen LogP contribution in [0.15, 0.2) is 10.1 Å². The molecular weight excluding hydrogens is 324 g/mol. The van der Waals surface area contributed by atoms with E-state index in [9.17, 15) is 4.79 Å². The fourth-order valence-corrected chi connectivity index (χ4v) is 2.92. The first-order valence-corrected chi connectivity index (χ1v) is 10.7. The van der Waals surface area contributed by atoms with Gasteiger partial charge in [-0.1, -0.05) is 65.7 Å². The summed E-state index contributed by atoms with van der Waals surface area (Å²) in [5.74, 6) is 5.47. The standard InChI is InChI=1S/C21H42N4O/c1-4-7-10-14-20(15-11-8-5-2)24-21(26)16-12-9-13-17-23-18-19(6-3)25-22/h18,20H,4-17,22H2,1-3H3,(H,24,26)/b23-18?,25-19-. The van der Waals surface area contributed by atoms with Gasteiger partial charge in [0, 0.05) is 25.2 Å². The van der Waals surface area contributed by atoms with Crippen LogP contribution in [0.1, 0.15) is 104 Å². The summed E-state index contributed by atoms with van der Waals surface area (Å²) >= 11 is 0. The molecule has 0 spiro atoms. The molecule has 5 nitrogen and oxygen atoms in total. The smallest absolute Gasteiger partial charge is 0.220 e. The number of nitrogens with zero attached hydrogens (tertiary/aromatic N) is 2. The number of aliphatic imine (C=N–C) groups is 1. The van der Waals surface area contributed by atoms with Gasteiger partial charge in [0.1, 0.15) is 0 Å². The molecule has 0 aromatic heterocycles. The third-order valence-corrected chi connectivity index (χ3v) is 4.64. The van der Waals surface area contributed by atoms with Crippen LogP contribution in [0.5, 0.6) is 0 Å². The molecule has 26 heavy (non-hydrogen) atoms. The van der Waals surface area contributed by atoms with Gasteiger partial charge in [-0.15, -0.1) is 0 Å². The quantitative estimate of drug-likeness (QED) is 0.165. The minimum atomic E-state index is 0.218. The summed E-state index contributed by atoms with van der Waals surface area (Å²) in [6, 6.07) is 0.369. The Morgan fingerprint density at radius 1 is 0.962 bits per heavy atom. The lowest BCUT2D eigenvalue weighted by Crippen LogP contribution is -2.34. The maximum absolute atomic E-state index is 12.2. The molecule has 0 rings (SSSR count). The van der Waals surface area contributed by atoms with E-state index < -0.39 is 0 Å². The van der Waals surface area contributed by atoms with Gasteiger partial charge in [-0.25, -0.2) is 0 Å². The number of carbonyl (C=O) groups is 1. The predicted octanol–water partition coefficient (Wildman–Crippen LogP) is 4.99. The number of nitrogens with one attached hydrogen (secondary N) is 1. The van der Waals surface area contributed by atoms with Gasteiger partial charge in [-0.2, -0.15) is 5.10 Å². The number of hydrazone groups is 1. The van der Waals surface area contributed by atoms with Gasteiger partial charge in [-0.3, -0.25) is 9.79 Å². The first-order valence-electron chi connectivity index (χ1n) is 10.7. The molecule has 0 aromatic rings. The van der Waals surface area contributed by atoms with Gasteiger partial charge in [0.15, 0.2) is 0 Å². The number of unbranched alkanes of at least 4 members (excludes halogenated alkanes) is 6. The van der Waals surface area contributed by atoms with E-state index in [1.54, 1.807) is 6.21 Å². The molecule has 0 aliphatic rings. The Morgan fingerprint density at radius 3 is 2.15 bits per heavy atom. The lowest BCUT2D eigenvalue weighted by Gasteiger charge is -2.18. The van der Waals surface area contributed by atoms with Crippen molar-refractivity contribution in [1.82, 2.24) is 5.32 Å². The van der Waals surface area contributed by atoms with Crippen molar-refractivity contribution in [3.05, 3.63) is 0 Å². The Morgan fingerprint density at radius 2 is 1.62 bits per heavy atom. The van der Waals surface area contributed by atoms with E-state index in [1.165, 1.54) is 38.5 Å². The molecule has 0 aliphatic heterocycles. The van der Waals surface area contributed by atoms with Crippen LogP contribution in [0.25, 0.3) is 0 Å². The zero-order valence-corrected chi connectivity index (χ0v) is 17.4. The van der Waals surface area contributed by atoms with Crippen LogP contribution in [-0.2, 0) is 4.79 Å². The molecule has 0 atom stereocenters. The molecule has 0 unspecified atom stereocenters. The molecule has 3 N–H and O–H groups in total. The largest absolute Gasteiger partial charge is 0.353 e. The molecule has 0 heterocycles. The molecule has 0 radical (unpaired) electrons. The molecule has 0 aliphatic carbocycles. The van der Waals surface area contributed by atoms with Crippen LogP contribution in [0.4, 0.5) is 0 Å². The number of carbonyl (C=O) groups excluding carboxylic acids is 1. The summed E-state index contributed by atoms with van der Waals surface area (Å²) in [6.45, 7) is 7.23. The topological polar surface area (TPSA) is 79.8 Å². The average Bonchev–Trinajstić information content (AvgIpc) is 2.64. The molecule has 0 saturated carbocycles. The predicted molar refractivity (Wildman–Crippen MR) is 114 cm³/mol. The number of nitrogens with two attached hydrogens (primary N) is 1. The molecule has 0 saturated heterocycles. The molecule has 5 heteroatoms. The molecule has 0 fully saturated rings. The summed E-state index contributed by atoms with van der Waals surface area (Å²) in [7, 11) is 0. The minimum absolute atomic E-state index is 0.218. The fourth-order valence-electron chi connectivity index (χ4n) is 2.92. The number of rotatable bonds is 17. The Kier molecular flexibility index (Phi) is 17.4. The Hall–Kier alpha value is -1.39. The maximum Gasteiger partial charge on any atom is 0.220 e. The maximum atomic E-state index is 12.2. The second kappa shape index (κ2) is 18.4. The highest BCUT2D eigenvalue weighted by atomic mass is 16.1. The Balaban J connectivity index is 3.92. The summed E-state index contributed by atoms with van der Waals surface area (Å²) in [4.78, 5) is 16.5. The van der Waals surface area contributed by atoms with Gasteiger partial charge in [-0.05, 0) is 32.1 Å². The van der Waals surface area contributed by atoms with Crippen molar-refractivity contribution < 1.29 is 4.79 Å². The highest BCUT2D eigenvalue weighted by Gasteiger charge is 2.11. The zero-order valence-electron chi connectivity index (χ0n) is 17.4. The van der Waals surface area contributed by atoms with Crippen LogP contribution in [0.2, 0.25) is 0 Å². The van der Waals surface area contributed by atoms with Crippen molar-refractivity contribution in [3.63, 3.8) is 0 Å². The molecule has 0 bridgehead atoms. The minimum Gasteiger partial charge on any atom is -0.353 e. The van der Waals surface area contributed by atoms with Gasteiger partial charge in [0.05, 0.1) is 5.71 Å². The SMILES string of the molecule is CCCCCC(CCCCC)NC(=O)CCCCCN=C/C(CC)=N\N. The van der Waals surface area contributed by atoms with Gasteiger partial charge in [0.25, 0.3) is 0 Å². The van der Waals surface area contributed by atoms with E-state index in [4.69, 9.17) is 5.84 Å². The van der Waals surface area contributed by atoms with Gasteiger partial charge >= 0.3 is 0 Å². The van der Waals surface area contributed by atoms with Crippen molar-refractivity contribution in [1.29, 1.82) is 0 Å². The highest BCUT2D eigenvalue weighted by Crippen LogP contribution is 2.12. The number of hydrogen-bond acceptors (Lipinski definition) is 4. The van der Waals surface area contributed by atoms with Crippen LogP contribution >= 0.6 is 0 Å². The second-order valence-electron chi connectivity index (χ2n) is 7.08. The van der Waals surface area contributed by atoms with Crippen molar-refractivity contribution in [2.45, 2.75) is 110 Å². The summed E-state index contributed by atoms with van der Waals surface area (Å²) < 4.78 is 0. The summed E-state index contributed by atoms with van der Waals surface area (Å²) in [5, 5.41) is 6.93. The normalized spacial score (nSPS) is 12.2. The monoisotopic (exact) mass is 366 g/mol. The van der Waals surface area contributed by atoms with E-state index in [0.29, 0.717) is 12.5 Å². The second-order valence-corrected chi connectivity index (χ2v) is 7.08. The third-order valence-electron chi connectivity index (χ3n) is 4.64. The van der Waals surface area contributed by atoms with Gasteiger partial charge < -0.3 is 11.2 Å². The lowest BCUT2D eigenvalue weighted by molar-refractivity contribution is -0.122. The van der Waals surface area contributed by atoms with E-state index in [-0.39, 0.29) is 5.91 Å². The van der Waals surface area contributed by atoms with Crippen molar-refractivity contribution in [2.24, 2.45) is 15.9 Å². The zero-order chi connectivity index (χ0) is 19.5. The van der Waals surface area contributed by atoms with Gasteiger partial charge in [0.2, 0.25) is 5.91 Å².